The number of carbonyl (C=O) groups excluding carboxylic acids is 3. The Morgan fingerprint density at radius 1 is 1.33 bits per heavy atom. The van der Waals surface area contributed by atoms with Crippen LogP contribution in [0.4, 0.5) is 0 Å². The molecule has 0 radical (unpaired) electrons. The first-order valence-electron chi connectivity index (χ1n) is 5.17. The molecule has 2 unspecified atom stereocenters. The molecule has 0 aromatic carbocycles. The molecule has 102 valence electrons. The lowest BCUT2D eigenvalue weighted by Crippen LogP contribution is -2.37. The largest absolute Gasteiger partial charge is 0.747 e. The van der Waals surface area contributed by atoms with Gasteiger partial charge in [0.05, 0.1) is 5.41 Å². The van der Waals surface area contributed by atoms with Crippen molar-refractivity contribution in [1.29, 1.82) is 0 Å². The molecule has 8 heteroatoms. The van der Waals surface area contributed by atoms with Crippen LogP contribution in [0.2, 0.25) is 0 Å². The quantitative estimate of drug-likeness (QED) is 0.375. The first kappa shape index (κ1) is 14.8. The second kappa shape index (κ2) is 4.43. The highest BCUT2D eigenvalue weighted by Gasteiger charge is 2.47. The molecule has 0 aromatic rings. The van der Waals surface area contributed by atoms with Crippen LogP contribution >= 0.6 is 0 Å². The lowest BCUT2D eigenvalue weighted by molar-refractivity contribution is -0.164. The first-order valence-corrected chi connectivity index (χ1v) is 6.64. The monoisotopic (exact) mass is 277 g/mol. The van der Waals surface area contributed by atoms with E-state index in [1.54, 1.807) is 0 Å². The Kier molecular flexibility index (Phi) is 3.64. The number of carbonyl (C=O) groups is 3. The molecule has 0 aliphatic heterocycles. The number of rotatable bonds is 2. The third-order valence-electron chi connectivity index (χ3n) is 2.44. The van der Waals surface area contributed by atoms with Gasteiger partial charge in [-0.25, -0.2) is 8.42 Å². The molecule has 7 nitrogen and oxygen atoms in total. The van der Waals surface area contributed by atoms with Crippen LogP contribution in [0.15, 0.2) is 0 Å². The smallest absolute Gasteiger partial charge is 0.312 e. The Morgan fingerprint density at radius 3 is 2.17 bits per heavy atom. The SMILES string of the molecule is CC(C)(C)C(=O)OC1C(=O)CC(S(=O)(=O)[O-])C1=O. The zero-order valence-corrected chi connectivity index (χ0v) is 10.9. The highest BCUT2D eigenvalue weighted by molar-refractivity contribution is 7.87. The fraction of sp³-hybridized carbons (Fsp3) is 0.700. The highest BCUT2D eigenvalue weighted by atomic mass is 32.2. The second-order valence-corrected chi connectivity index (χ2v) is 6.64. The topological polar surface area (TPSA) is 118 Å². The Labute approximate surface area is 104 Å². The minimum Gasteiger partial charge on any atom is -0.747 e. The van der Waals surface area contributed by atoms with E-state index in [0.29, 0.717) is 0 Å². The molecule has 0 N–H and O–H groups in total. The summed E-state index contributed by atoms with van der Waals surface area (Å²) in [4.78, 5) is 34.5. The van der Waals surface area contributed by atoms with Gasteiger partial charge >= 0.3 is 5.97 Å². The molecule has 0 amide bonds. The van der Waals surface area contributed by atoms with Crippen LogP contribution in [-0.4, -0.2) is 41.9 Å². The van der Waals surface area contributed by atoms with Gasteiger partial charge in [-0.15, -0.1) is 0 Å². The Hall–Kier alpha value is -1.28. The van der Waals surface area contributed by atoms with E-state index in [0.717, 1.165) is 0 Å². The number of hydrogen-bond acceptors (Lipinski definition) is 7. The summed E-state index contributed by atoms with van der Waals surface area (Å²) in [6.45, 7) is 4.54. The van der Waals surface area contributed by atoms with Crippen LogP contribution in [0.3, 0.4) is 0 Å². The van der Waals surface area contributed by atoms with Gasteiger partial charge in [0.2, 0.25) is 6.10 Å². The van der Waals surface area contributed by atoms with E-state index in [2.05, 4.69) is 4.74 Å². The van der Waals surface area contributed by atoms with Gasteiger partial charge < -0.3 is 9.29 Å². The van der Waals surface area contributed by atoms with Crippen LogP contribution in [0, 0.1) is 5.41 Å². The van der Waals surface area contributed by atoms with Crippen molar-refractivity contribution in [1.82, 2.24) is 0 Å². The number of esters is 1. The van der Waals surface area contributed by atoms with Gasteiger partial charge in [0.15, 0.2) is 11.6 Å². The van der Waals surface area contributed by atoms with E-state index in [1.807, 2.05) is 0 Å². The molecule has 0 aromatic heterocycles. The summed E-state index contributed by atoms with van der Waals surface area (Å²) in [6, 6.07) is 0. The second-order valence-electron chi connectivity index (χ2n) is 5.09. The highest BCUT2D eigenvalue weighted by Crippen LogP contribution is 2.24. The molecule has 18 heavy (non-hydrogen) atoms. The molecule has 1 saturated carbocycles. The Morgan fingerprint density at radius 2 is 1.83 bits per heavy atom. The predicted molar refractivity (Wildman–Crippen MR) is 57.5 cm³/mol. The fourth-order valence-electron chi connectivity index (χ4n) is 1.37. The molecule has 1 aliphatic rings. The van der Waals surface area contributed by atoms with E-state index in [-0.39, 0.29) is 0 Å². The van der Waals surface area contributed by atoms with Gasteiger partial charge in [0, 0.05) is 6.42 Å². The maximum atomic E-state index is 11.5. The van der Waals surface area contributed by atoms with E-state index in [1.165, 1.54) is 20.8 Å². The van der Waals surface area contributed by atoms with Crippen molar-refractivity contribution in [3.63, 3.8) is 0 Å². The van der Waals surface area contributed by atoms with Gasteiger partial charge in [0.1, 0.15) is 15.4 Å². The average Bonchev–Trinajstić information content (AvgIpc) is 2.43. The third-order valence-corrected chi connectivity index (χ3v) is 3.54. The minimum atomic E-state index is -4.90. The Bertz CT molecular complexity index is 497. The summed E-state index contributed by atoms with van der Waals surface area (Å²) in [5.41, 5.74) is -0.936. The molecule has 1 rings (SSSR count). The maximum Gasteiger partial charge on any atom is 0.312 e. The minimum absolute atomic E-state index is 0.729. The average molecular weight is 277 g/mol. The Balaban J connectivity index is 2.91. The van der Waals surface area contributed by atoms with Crippen molar-refractivity contribution >= 4 is 27.7 Å². The molecule has 0 bridgehead atoms. The lowest BCUT2D eigenvalue weighted by Gasteiger charge is -2.19. The van der Waals surface area contributed by atoms with Gasteiger partial charge in [-0.1, -0.05) is 0 Å². The number of ether oxygens (including phenoxy) is 1. The van der Waals surface area contributed by atoms with Gasteiger partial charge in [-0.2, -0.15) is 0 Å². The zero-order valence-electron chi connectivity index (χ0n) is 10.1. The fourth-order valence-corrected chi connectivity index (χ4v) is 2.15. The standard InChI is InChI=1S/C10H14O7S/c1-10(2,3)9(13)17-8-5(11)4-6(7(8)12)18(14,15)16/h6,8H,4H2,1-3H3,(H,14,15,16)/p-1. The summed E-state index contributed by atoms with van der Waals surface area (Å²) >= 11 is 0. The van der Waals surface area contributed by atoms with Crippen molar-refractivity contribution in [2.45, 2.75) is 38.5 Å². The normalized spacial score (nSPS) is 25.3. The van der Waals surface area contributed by atoms with Crippen LogP contribution in [0.25, 0.3) is 0 Å². The molecule has 0 heterocycles. The van der Waals surface area contributed by atoms with Gasteiger partial charge in [0.25, 0.3) is 0 Å². The van der Waals surface area contributed by atoms with E-state index < -0.39 is 50.8 Å². The molecule has 1 fully saturated rings. The number of Topliss-reactive ketones (excluding diaryl/α,β-unsaturated/α-hetero) is 2. The summed E-state index contributed by atoms with van der Waals surface area (Å²) < 4.78 is 36.9. The maximum absolute atomic E-state index is 11.5. The summed E-state index contributed by atoms with van der Waals surface area (Å²) in [7, 11) is -4.90. The molecule has 0 saturated heterocycles. The van der Waals surface area contributed by atoms with E-state index >= 15 is 0 Å². The van der Waals surface area contributed by atoms with E-state index in [9.17, 15) is 27.4 Å². The summed E-state index contributed by atoms with van der Waals surface area (Å²) in [6.07, 6.45) is -2.50. The zero-order chi connectivity index (χ0) is 14.3. The molecule has 2 atom stereocenters. The molecular weight excluding hydrogens is 264 g/mol. The van der Waals surface area contributed by atoms with Crippen molar-refractivity contribution in [3.8, 4) is 0 Å². The summed E-state index contributed by atoms with van der Waals surface area (Å²) in [5.74, 6) is -2.83. The molecular formula is C10H13O7S-. The third kappa shape index (κ3) is 2.94. The van der Waals surface area contributed by atoms with E-state index in [4.69, 9.17) is 0 Å². The molecule has 1 aliphatic carbocycles. The first-order chi connectivity index (χ1) is 7.94. The van der Waals surface area contributed by atoms with Crippen molar-refractivity contribution in [2.75, 3.05) is 0 Å². The predicted octanol–water partition coefficient (Wildman–Crippen LogP) is -0.600. The van der Waals surface area contributed by atoms with Crippen molar-refractivity contribution in [2.24, 2.45) is 5.41 Å². The van der Waals surface area contributed by atoms with Crippen LogP contribution < -0.4 is 0 Å². The van der Waals surface area contributed by atoms with Crippen LogP contribution in [0.5, 0.6) is 0 Å². The van der Waals surface area contributed by atoms with Crippen LogP contribution in [-0.2, 0) is 29.2 Å². The molecule has 0 spiro atoms. The number of hydrogen-bond donors (Lipinski definition) is 0. The number of ketones is 2. The van der Waals surface area contributed by atoms with Crippen molar-refractivity contribution in [3.05, 3.63) is 0 Å². The van der Waals surface area contributed by atoms with Gasteiger partial charge in [-0.05, 0) is 20.8 Å². The van der Waals surface area contributed by atoms with Crippen LogP contribution in [0.1, 0.15) is 27.2 Å². The van der Waals surface area contributed by atoms with Gasteiger partial charge in [-0.3, -0.25) is 14.4 Å². The van der Waals surface area contributed by atoms with Crippen molar-refractivity contribution < 1.29 is 32.1 Å². The lowest BCUT2D eigenvalue weighted by atomic mass is 9.97. The summed E-state index contributed by atoms with van der Waals surface area (Å²) in [5, 5.41) is -1.94.